The lowest BCUT2D eigenvalue weighted by molar-refractivity contribution is -0.128. The van der Waals surface area contributed by atoms with Gasteiger partial charge in [-0.2, -0.15) is 0 Å². The molecule has 1 saturated heterocycles. The molecule has 1 aromatic rings. The normalized spacial score (nSPS) is 14.7. The van der Waals surface area contributed by atoms with Crippen LogP contribution in [-0.4, -0.2) is 65.0 Å². The molecule has 0 N–H and O–H groups in total. The highest BCUT2D eigenvalue weighted by Crippen LogP contribution is 2.17. The monoisotopic (exact) mass is 351 g/mol. The van der Waals surface area contributed by atoms with Crippen LogP contribution in [0.3, 0.4) is 0 Å². The number of hydrogen-bond donors (Lipinski definition) is 0. The lowest BCUT2D eigenvalue weighted by Crippen LogP contribution is -2.49. The topological polar surface area (TPSA) is 26.8 Å². The minimum atomic E-state index is 0.192. The molecule has 1 heterocycles. The SMILES string of the molecule is CCN(CC)C(=S)SCC(=O)N1CCN(c2ccccc2)CC1. The molecule has 0 bridgehead atoms. The Bertz CT molecular complexity index is 512. The van der Waals surface area contributed by atoms with Crippen LogP contribution in [0.15, 0.2) is 30.3 Å². The Kier molecular flexibility index (Phi) is 7.17. The maximum absolute atomic E-state index is 12.4. The van der Waals surface area contributed by atoms with Gasteiger partial charge in [0.05, 0.1) is 5.75 Å². The number of benzene rings is 1. The molecule has 0 saturated carbocycles. The third-order valence-electron chi connectivity index (χ3n) is 4.09. The fourth-order valence-corrected chi connectivity index (χ4v) is 3.95. The number of carbonyl (C=O) groups is 1. The van der Waals surface area contributed by atoms with E-state index in [1.165, 1.54) is 17.4 Å². The zero-order valence-electron chi connectivity index (χ0n) is 13.9. The summed E-state index contributed by atoms with van der Waals surface area (Å²) in [5.74, 6) is 0.637. The maximum Gasteiger partial charge on any atom is 0.233 e. The minimum absolute atomic E-state index is 0.192. The van der Waals surface area contributed by atoms with Gasteiger partial charge in [-0.25, -0.2) is 0 Å². The van der Waals surface area contributed by atoms with E-state index in [-0.39, 0.29) is 5.91 Å². The van der Waals surface area contributed by atoms with Crippen LogP contribution >= 0.6 is 24.0 Å². The average molecular weight is 352 g/mol. The van der Waals surface area contributed by atoms with E-state index in [1.54, 1.807) is 0 Å². The molecule has 1 aliphatic rings. The van der Waals surface area contributed by atoms with Gasteiger partial charge in [-0.3, -0.25) is 4.79 Å². The van der Waals surface area contributed by atoms with Gasteiger partial charge in [-0.1, -0.05) is 42.2 Å². The van der Waals surface area contributed by atoms with Crippen LogP contribution in [0.1, 0.15) is 13.8 Å². The second kappa shape index (κ2) is 9.13. The van der Waals surface area contributed by atoms with Crippen LogP contribution < -0.4 is 4.90 Å². The first-order valence-corrected chi connectivity index (χ1v) is 9.54. The van der Waals surface area contributed by atoms with Gasteiger partial charge in [0, 0.05) is 45.0 Å². The zero-order valence-corrected chi connectivity index (χ0v) is 15.5. The molecule has 6 heteroatoms. The number of hydrogen-bond acceptors (Lipinski definition) is 4. The van der Waals surface area contributed by atoms with E-state index in [4.69, 9.17) is 12.2 Å². The smallest absolute Gasteiger partial charge is 0.233 e. The molecule has 0 spiro atoms. The molecule has 1 amide bonds. The summed E-state index contributed by atoms with van der Waals surface area (Å²) in [5, 5.41) is 0. The summed E-state index contributed by atoms with van der Waals surface area (Å²) in [7, 11) is 0. The maximum atomic E-state index is 12.4. The second-order valence-corrected chi connectivity index (χ2v) is 7.04. The van der Waals surface area contributed by atoms with Crippen LogP contribution in [-0.2, 0) is 4.79 Å². The number of amides is 1. The molecule has 1 aromatic carbocycles. The van der Waals surface area contributed by atoms with Crippen LogP contribution in [0.4, 0.5) is 5.69 Å². The van der Waals surface area contributed by atoms with Gasteiger partial charge in [-0.05, 0) is 26.0 Å². The molecule has 0 unspecified atom stereocenters. The van der Waals surface area contributed by atoms with E-state index < -0.39 is 0 Å². The number of thiocarbonyl (C=S) groups is 1. The van der Waals surface area contributed by atoms with Crippen molar-refractivity contribution < 1.29 is 4.79 Å². The highest BCUT2D eigenvalue weighted by molar-refractivity contribution is 8.23. The Labute approximate surface area is 148 Å². The third kappa shape index (κ3) is 5.11. The Morgan fingerprint density at radius 3 is 2.30 bits per heavy atom. The van der Waals surface area contributed by atoms with E-state index in [1.807, 2.05) is 11.0 Å². The van der Waals surface area contributed by atoms with Gasteiger partial charge >= 0.3 is 0 Å². The van der Waals surface area contributed by atoms with Gasteiger partial charge in [-0.15, -0.1) is 0 Å². The van der Waals surface area contributed by atoms with Crippen molar-refractivity contribution in [2.75, 3.05) is 49.9 Å². The van der Waals surface area contributed by atoms with E-state index >= 15 is 0 Å². The van der Waals surface area contributed by atoms with Crippen molar-refractivity contribution in [2.45, 2.75) is 13.8 Å². The lowest BCUT2D eigenvalue weighted by Gasteiger charge is -2.36. The predicted octanol–water partition coefficient (Wildman–Crippen LogP) is 2.70. The van der Waals surface area contributed by atoms with E-state index in [0.29, 0.717) is 5.75 Å². The Balaban J connectivity index is 1.76. The van der Waals surface area contributed by atoms with Crippen molar-refractivity contribution in [3.05, 3.63) is 30.3 Å². The van der Waals surface area contributed by atoms with E-state index in [0.717, 1.165) is 43.6 Å². The molecule has 0 radical (unpaired) electrons. The first-order chi connectivity index (χ1) is 11.2. The van der Waals surface area contributed by atoms with E-state index in [2.05, 4.69) is 47.9 Å². The van der Waals surface area contributed by atoms with Crippen LogP contribution in [0.5, 0.6) is 0 Å². The van der Waals surface area contributed by atoms with Gasteiger partial charge in [0.2, 0.25) is 5.91 Å². The van der Waals surface area contributed by atoms with Gasteiger partial charge in [0.15, 0.2) is 0 Å². The quantitative estimate of drug-likeness (QED) is 0.760. The standard InChI is InChI=1S/C17H25N3OS2/c1-3-18(4-2)17(22)23-14-16(21)20-12-10-19(11-13-20)15-8-6-5-7-9-15/h5-9H,3-4,10-14H2,1-2H3. The summed E-state index contributed by atoms with van der Waals surface area (Å²) in [6, 6.07) is 10.4. The Morgan fingerprint density at radius 2 is 1.74 bits per heavy atom. The number of piperazine rings is 1. The Morgan fingerprint density at radius 1 is 1.13 bits per heavy atom. The fourth-order valence-electron chi connectivity index (χ4n) is 2.64. The highest BCUT2D eigenvalue weighted by atomic mass is 32.2. The lowest BCUT2D eigenvalue weighted by atomic mass is 10.2. The van der Waals surface area contributed by atoms with Crippen LogP contribution in [0.2, 0.25) is 0 Å². The summed E-state index contributed by atoms with van der Waals surface area (Å²) in [5.41, 5.74) is 1.23. The van der Waals surface area contributed by atoms with Crippen molar-refractivity contribution in [1.82, 2.24) is 9.80 Å². The number of nitrogens with zero attached hydrogens (tertiary/aromatic N) is 3. The molecule has 4 nitrogen and oxygen atoms in total. The van der Waals surface area contributed by atoms with Crippen LogP contribution in [0, 0.1) is 0 Å². The van der Waals surface area contributed by atoms with Gasteiger partial charge < -0.3 is 14.7 Å². The number of anilines is 1. The fraction of sp³-hybridized carbons (Fsp3) is 0.529. The molecule has 126 valence electrons. The summed E-state index contributed by atoms with van der Waals surface area (Å²) in [4.78, 5) is 18.8. The highest BCUT2D eigenvalue weighted by Gasteiger charge is 2.21. The number of thioether (sulfide) groups is 1. The molecule has 2 rings (SSSR count). The minimum Gasteiger partial charge on any atom is -0.368 e. The largest absolute Gasteiger partial charge is 0.368 e. The molecule has 1 fully saturated rings. The van der Waals surface area contributed by atoms with Crippen LogP contribution in [0.25, 0.3) is 0 Å². The zero-order chi connectivity index (χ0) is 16.7. The second-order valence-electron chi connectivity index (χ2n) is 5.43. The van der Waals surface area contributed by atoms with Crippen molar-refractivity contribution in [1.29, 1.82) is 0 Å². The van der Waals surface area contributed by atoms with Gasteiger partial charge in [0.25, 0.3) is 0 Å². The summed E-state index contributed by atoms with van der Waals surface area (Å²) in [6.45, 7) is 9.31. The predicted molar refractivity (Wildman–Crippen MR) is 103 cm³/mol. The number of para-hydroxylation sites is 1. The molecular formula is C17H25N3OS2. The molecule has 23 heavy (non-hydrogen) atoms. The summed E-state index contributed by atoms with van der Waals surface area (Å²) < 4.78 is 0.825. The van der Waals surface area contributed by atoms with Crippen molar-refractivity contribution in [3.8, 4) is 0 Å². The Hall–Kier alpha value is -1.27. The molecular weight excluding hydrogens is 326 g/mol. The average Bonchev–Trinajstić information content (AvgIpc) is 2.61. The van der Waals surface area contributed by atoms with Crippen molar-refractivity contribution in [2.24, 2.45) is 0 Å². The van der Waals surface area contributed by atoms with E-state index in [9.17, 15) is 4.79 Å². The van der Waals surface area contributed by atoms with Crippen molar-refractivity contribution in [3.63, 3.8) is 0 Å². The third-order valence-corrected chi connectivity index (χ3v) is 5.60. The number of rotatable bonds is 5. The summed E-state index contributed by atoms with van der Waals surface area (Å²) in [6.07, 6.45) is 0. The van der Waals surface area contributed by atoms with Crippen molar-refractivity contribution >= 4 is 39.9 Å². The molecule has 1 aliphatic heterocycles. The first kappa shape index (κ1) is 18.1. The molecule has 0 atom stereocenters. The first-order valence-electron chi connectivity index (χ1n) is 8.15. The molecule has 0 aliphatic carbocycles. The number of carbonyl (C=O) groups excluding carboxylic acids is 1. The van der Waals surface area contributed by atoms with Gasteiger partial charge in [0.1, 0.15) is 4.32 Å². The summed E-state index contributed by atoms with van der Waals surface area (Å²) >= 11 is 6.87. The molecule has 0 aromatic heterocycles.